The molecule has 0 radical (unpaired) electrons. The SMILES string of the molecule is CCN(CC)CCNc1ccc2c(c1)=Cc1ccccc1S=2O[Cl+3]([O-])([O-])[O-]. The molecule has 1 unspecified atom stereocenters. The average Bonchev–Trinajstić information content (AvgIpc) is 2.64. The summed E-state index contributed by atoms with van der Waals surface area (Å²) >= 11 is 0. The third-order valence-corrected chi connectivity index (χ3v) is 7.09. The van der Waals surface area contributed by atoms with Crippen molar-refractivity contribution < 1.29 is 28.0 Å². The molecule has 3 rings (SSSR count). The van der Waals surface area contributed by atoms with Crippen molar-refractivity contribution in [3.8, 4) is 0 Å². The second-order valence-electron chi connectivity index (χ2n) is 6.10. The highest BCUT2D eigenvalue weighted by Crippen LogP contribution is 2.37. The number of anilines is 1. The van der Waals surface area contributed by atoms with Crippen LogP contribution in [0.4, 0.5) is 5.69 Å². The molecule has 0 saturated heterocycles. The minimum atomic E-state index is -4.53. The Labute approximate surface area is 163 Å². The smallest absolute Gasteiger partial charge is 0.148 e. The Morgan fingerprint density at radius 3 is 2.52 bits per heavy atom. The minimum absolute atomic E-state index is 0.690. The molecule has 8 heteroatoms. The first-order valence-corrected chi connectivity index (χ1v) is 11.2. The molecule has 146 valence electrons. The Hall–Kier alpha value is -1.45. The standard InChI is InChI=1S/C19H23ClN2O4S/c1-3-22(4-2)12-11-21-17-9-10-19-16(14-17)13-15-7-5-6-8-18(15)27(19)26-20(23,24)25/h5-10,13-14,21H,3-4,11-12H2,1-2H3. The van der Waals surface area contributed by atoms with Crippen molar-refractivity contribution in [1.29, 1.82) is 0 Å². The van der Waals surface area contributed by atoms with E-state index in [0.29, 0.717) is 9.41 Å². The highest BCUT2D eigenvalue weighted by Gasteiger charge is 2.27. The molecular weight excluding hydrogens is 388 g/mol. The lowest BCUT2D eigenvalue weighted by atomic mass is 10.1. The molecule has 0 saturated carbocycles. The van der Waals surface area contributed by atoms with Gasteiger partial charge in [0.2, 0.25) is 0 Å². The number of nitrogens with one attached hydrogen (secondary N) is 1. The Morgan fingerprint density at radius 1 is 1.07 bits per heavy atom. The van der Waals surface area contributed by atoms with E-state index in [-0.39, 0.29) is 0 Å². The molecule has 1 aliphatic rings. The van der Waals surface area contributed by atoms with Crippen molar-refractivity contribution in [3.63, 3.8) is 0 Å². The molecule has 0 bridgehead atoms. The van der Waals surface area contributed by atoms with Crippen LogP contribution in [0.3, 0.4) is 0 Å². The minimum Gasteiger partial charge on any atom is -0.384 e. The molecule has 0 fully saturated rings. The van der Waals surface area contributed by atoms with Gasteiger partial charge in [0.05, 0.1) is 19.6 Å². The largest absolute Gasteiger partial charge is 0.384 e. The predicted molar refractivity (Wildman–Crippen MR) is 98.1 cm³/mol. The summed E-state index contributed by atoms with van der Waals surface area (Å²) < 4.78 is 39.2. The normalized spacial score (nSPS) is 15.9. The van der Waals surface area contributed by atoms with E-state index in [4.69, 9.17) is 3.74 Å². The van der Waals surface area contributed by atoms with E-state index in [1.807, 2.05) is 36.4 Å². The van der Waals surface area contributed by atoms with Gasteiger partial charge in [0, 0.05) is 18.8 Å². The van der Waals surface area contributed by atoms with E-state index in [9.17, 15) is 14.0 Å². The maximum atomic E-state index is 11.2. The van der Waals surface area contributed by atoms with Crippen LogP contribution >= 0.6 is 10.8 Å². The van der Waals surface area contributed by atoms with E-state index in [2.05, 4.69) is 24.1 Å². The number of hydrogen-bond acceptors (Lipinski definition) is 6. The fourth-order valence-electron chi connectivity index (χ4n) is 3.04. The van der Waals surface area contributed by atoms with Gasteiger partial charge in [0.1, 0.15) is 14.5 Å². The lowest BCUT2D eigenvalue weighted by Crippen LogP contribution is -2.60. The number of nitrogens with zero attached hydrogens (tertiary/aromatic N) is 1. The van der Waals surface area contributed by atoms with Crippen LogP contribution in [0.1, 0.15) is 19.4 Å². The second kappa shape index (κ2) is 8.70. The van der Waals surface area contributed by atoms with Gasteiger partial charge in [-0.1, -0.05) is 32.0 Å². The van der Waals surface area contributed by atoms with Gasteiger partial charge in [-0.05, 0) is 54.2 Å². The van der Waals surface area contributed by atoms with Gasteiger partial charge >= 0.3 is 0 Å². The van der Waals surface area contributed by atoms with Crippen LogP contribution < -0.4 is 24.5 Å². The molecule has 0 spiro atoms. The number of halogens is 1. The molecule has 0 amide bonds. The van der Waals surface area contributed by atoms with E-state index >= 15 is 0 Å². The Balaban J connectivity index is 1.94. The molecule has 1 N–H and O–H groups in total. The summed E-state index contributed by atoms with van der Waals surface area (Å²) in [5.41, 5.74) is 1.80. The monoisotopic (exact) mass is 410 g/mol. The summed E-state index contributed by atoms with van der Waals surface area (Å²) in [6, 6.07) is 13.0. The van der Waals surface area contributed by atoms with E-state index in [1.54, 1.807) is 12.1 Å². The number of rotatable bonds is 8. The highest BCUT2D eigenvalue weighted by atomic mass is 35.7. The van der Waals surface area contributed by atoms with E-state index in [1.165, 1.54) is 0 Å². The van der Waals surface area contributed by atoms with Gasteiger partial charge in [-0.15, -0.1) is 0 Å². The number of benzene rings is 2. The molecule has 0 aromatic heterocycles. The summed E-state index contributed by atoms with van der Waals surface area (Å²) in [7, 11) is -5.80. The van der Waals surface area contributed by atoms with Gasteiger partial charge in [0.25, 0.3) is 0 Å². The zero-order valence-corrected chi connectivity index (χ0v) is 16.9. The summed E-state index contributed by atoms with van der Waals surface area (Å²) in [6.45, 7) is 8.05. The van der Waals surface area contributed by atoms with Crippen LogP contribution in [-0.4, -0.2) is 31.1 Å². The lowest BCUT2D eigenvalue weighted by molar-refractivity contribution is -1.91. The van der Waals surface area contributed by atoms with Crippen LogP contribution in [0.25, 0.3) is 6.08 Å². The zero-order valence-electron chi connectivity index (χ0n) is 15.3. The summed E-state index contributed by atoms with van der Waals surface area (Å²) in [5.74, 6) is 0. The Morgan fingerprint density at radius 2 is 1.81 bits per heavy atom. The van der Waals surface area contributed by atoms with Crippen LogP contribution in [0.5, 0.6) is 0 Å². The van der Waals surface area contributed by atoms with Gasteiger partial charge < -0.3 is 10.2 Å². The first kappa shape index (κ1) is 20.3. The molecule has 1 heterocycles. The molecule has 2 aromatic carbocycles. The van der Waals surface area contributed by atoms with Crippen molar-refractivity contribution in [2.24, 2.45) is 0 Å². The number of hydrogen-bond donors (Lipinski definition) is 1. The predicted octanol–water partition coefficient (Wildman–Crippen LogP) is -0.00971. The second-order valence-corrected chi connectivity index (χ2v) is 8.78. The molecule has 6 nitrogen and oxygen atoms in total. The summed E-state index contributed by atoms with van der Waals surface area (Å²) in [6.07, 6.45) is 1.99. The van der Waals surface area contributed by atoms with Crippen LogP contribution in [-0.2, 0) is 3.74 Å². The molecule has 27 heavy (non-hydrogen) atoms. The molecular formula is C19H23ClN2O4S. The maximum Gasteiger partial charge on any atom is 0.148 e. The lowest BCUT2D eigenvalue weighted by Gasteiger charge is -2.19. The highest BCUT2D eigenvalue weighted by molar-refractivity contribution is 8.05. The number of likely N-dealkylation sites (N-methyl/N-ethyl adjacent to an activating group) is 1. The summed E-state index contributed by atoms with van der Waals surface area (Å²) in [4.78, 5) is 3.02. The first-order valence-electron chi connectivity index (χ1n) is 8.80. The molecule has 1 aliphatic heterocycles. The van der Waals surface area contributed by atoms with Crippen molar-refractivity contribution in [1.82, 2.24) is 4.90 Å². The Bertz CT molecular complexity index is 926. The third-order valence-electron chi connectivity index (χ3n) is 4.43. The fraction of sp³-hybridized carbons (Fsp3) is 0.316. The van der Waals surface area contributed by atoms with Crippen LogP contribution in [0.15, 0.2) is 47.4 Å². The van der Waals surface area contributed by atoms with Gasteiger partial charge in [0.15, 0.2) is 0 Å². The fourth-order valence-corrected chi connectivity index (χ4v) is 5.50. The number of fused-ring (bicyclic) bond motifs is 2. The maximum absolute atomic E-state index is 11.2. The van der Waals surface area contributed by atoms with Crippen molar-refractivity contribution in [2.75, 3.05) is 31.5 Å². The third kappa shape index (κ3) is 5.08. The molecule has 0 aliphatic carbocycles. The van der Waals surface area contributed by atoms with E-state index < -0.39 is 21.0 Å². The average molecular weight is 411 g/mol. The molecule has 2 aromatic rings. The summed E-state index contributed by atoms with van der Waals surface area (Å²) in [5, 5.41) is 4.25. The van der Waals surface area contributed by atoms with E-state index in [0.717, 1.165) is 42.6 Å². The van der Waals surface area contributed by atoms with Crippen molar-refractivity contribution in [2.45, 2.75) is 18.7 Å². The van der Waals surface area contributed by atoms with Gasteiger partial charge in [-0.25, -0.2) is 0 Å². The Kier molecular flexibility index (Phi) is 6.54. The first-order chi connectivity index (χ1) is 12.9. The zero-order chi connectivity index (χ0) is 19.4. The topological polar surface area (TPSA) is 93.7 Å². The van der Waals surface area contributed by atoms with Gasteiger partial charge in [-0.3, -0.25) is 0 Å². The van der Waals surface area contributed by atoms with Crippen LogP contribution in [0, 0.1) is 14.8 Å². The van der Waals surface area contributed by atoms with Crippen LogP contribution in [0.2, 0.25) is 0 Å². The van der Waals surface area contributed by atoms with Crippen molar-refractivity contribution in [3.05, 3.63) is 57.8 Å². The van der Waals surface area contributed by atoms with Crippen molar-refractivity contribution >= 4 is 22.5 Å². The quantitative estimate of drug-likeness (QED) is 0.615. The molecule has 1 atom stereocenters. The van der Waals surface area contributed by atoms with Gasteiger partial charge in [-0.2, -0.15) is 14.0 Å².